The Balaban J connectivity index is 3.36. The molecule has 0 unspecified atom stereocenters. The van der Waals surface area contributed by atoms with Gasteiger partial charge in [-0.15, -0.1) is 11.6 Å². The Morgan fingerprint density at radius 1 is 1.57 bits per heavy atom. The van der Waals surface area contributed by atoms with Crippen molar-refractivity contribution in [2.45, 2.75) is 4.52 Å². The summed E-state index contributed by atoms with van der Waals surface area (Å²) in [6, 6.07) is 0. The van der Waals surface area contributed by atoms with Gasteiger partial charge in [0.15, 0.2) is 0 Å². The maximum absolute atomic E-state index is 5.25. The van der Waals surface area contributed by atoms with Crippen molar-refractivity contribution in [1.82, 2.24) is 0 Å². The molecule has 0 aliphatic rings. The molecule has 0 bridgehead atoms. The van der Waals surface area contributed by atoms with Crippen LogP contribution in [0, 0.1) is 7.11 Å². The molecule has 4 heteroatoms. The van der Waals surface area contributed by atoms with Crippen LogP contribution in [0.25, 0.3) is 0 Å². The molecule has 0 saturated heterocycles. The largest absolute Gasteiger partial charge is 0.343 e. The highest BCUT2D eigenvalue weighted by Crippen LogP contribution is 2.22. The summed E-state index contributed by atoms with van der Waals surface area (Å²) in [5, 5.41) is 0. The van der Waals surface area contributed by atoms with E-state index >= 15 is 0 Å². The monoisotopic (exact) mass is 161 g/mol. The van der Waals surface area contributed by atoms with Gasteiger partial charge in [-0.25, -0.2) is 0 Å². The summed E-state index contributed by atoms with van der Waals surface area (Å²) in [4.78, 5) is 0. The van der Waals surface area contributed by atoms with Gasteiger partial charge in [-0.05, 0) is 0 Å². The van der Waals surface area contributed by atoms with Crippen molar-refractivity contribution in [3.63, 3.8) is 0 Å². The second-order valence-corrected chi connectivity index (χ2v) is 2.60. The third-order valence-electron chi connectivity index (χ3n) is 0.367. The summed E-state index contributed by atoms with van der Waals surface area (Å²) in [5.74, 6) is 0.0135. The van der Waals surface area contributed by atoms with Gasteiger partial charge in [0.25, 0.3) is 0 Å². The lowest BCUT2D eigenvalue weighted by Gasteiger charge is -2.11. The molecule has 0 aliphatic heterocycles. The molecule has 0 aliphatic carbocycles. The molecule has 43 valence electrons. The van der Waals surface area contributed by atoms with Crippen LogP contribution in [0.4, 0.5) is 0 Å². The standard InChI is InChI=1S/C3H4Cl3O/c1-7-3(5,6)2-4/h1-2H2. The first-order valence-corrected chi connectivity index (χ1v) is 2.78. The second-order valence-electron chi connectivity index (χ2n) is 0.915. The zero-order valence-electron chi connectivity index (χ0n) is 3.46. The molecule has 0 spiro atoms. The van der Waals surface area contributed by atoms with E-state index in [-0.39, 0.29) is 5.88 Å². The van der Waals surface area contributed by atoms with Gasteiger partial charge in [0, 0.05) is 0 Å². The SMILES string of the molecule is [CH2]OC(Cl)(Cl)CCl. The molecule has 0 fully saturated rings. The van der Waals surface area contributed by atoms with Crippen molar-refractivity contribution in [1.29, 1.82) is 0 Å². The zero-order valence-corrected chi connectivity index (χ0v) is 5.72. The fourth-order valence-electron chi connectivity index (χ4n) is 0.0386. The number of rotatable bonds is 2. The molecular formula is C3H4Cl3O. The van der Waals surface area contributed by atoms with Crippen LogP contribution in [0.5, 0.6) is 0 Å². The van der Waals surface area contributed by atoms with E-state index in [9.17, 15) is 0 Å². The third-order valence-corrected chi connectivity index (χ3v) is 1.50. The Bertz CT molecular complexity index is 48.1. The van der Waals surface area contributed by atoms with Crippen LogP contribution in [-0.4, -0.2) is 10.4 Å². The Kier molecular flexibility index (Phi) is 3.33. The molecule has 1 nitrogen and oxygen atoms in total. The van der Waals surface area contributed by atoms with Crippen LogP contribution >= 0.6 is 34.8 Å². The van der Waals surface area contributed by atoms with Crippen molar-refractivity contribution < 1.29 is 4.74 Å². The molecule has 0 aromatic rings. The molecule has 0 aromatic carbocycles. The fourth-order valence-corrected chi connectivity index (χ4v) is 0.116. The van der Waals surface area contributed by atoms with Crippen molar-refractivity contribution in [3.8, 4) is 0 Å². The maximum atomic E-state index is 5.25. The lowest BCUT2D eigenvalue weighted by molar-refractivity contribution is 0.192. The fraction of sp³-hybridized carbons (Fsp3) is 0.667. The molecule has 7 heavy (non-hydrogen) atoms. The number of alkyl halides is 3. The van der Waals surface area contributed by atoms with Crippen molar-refractivity contribution in [2.24, 2.45) is 0 Å². The van der Waals surface area contributed by atoms with Crippen LogP contribution in [0.1, 0.15) is 0 Å². The maximum Gasteiger partial charge on any atom is 0.231 e. The number of halogens is 3. The van der Waals surface area contributed by atoms with E-state index in [1.807, 2.05) is 0 Å². The normalized spacial score (nSPS) is 12.0. The Labute approximate surface area is 57.5 Å². The van der Waals surface area contributed by atoms with Crippen molar-refractivity contribution in [2.75, 3.05) is 5.88 Å². The minimum absolute atomic E-state index is 0.0135. The summed E-state index contributed by atoms with van der Waals surface area (Å²) in [5.41, 5.74) is 0. The average molecular weight is 162 g/mol. The predicted octanol–water partition coefficient (Wildman–Crippen LogP) is 2.16. The number of hydrogen-bond acceptors (Lipinski definition) is 1. The average Bonchev–Trinajstić information content (AvgIpc) is 1.68. The van der Waals surface area contributed by atoms with Crippen LogP contribution in [-0.2, 0) is 4.74 Å². The zero-order chi connectivity index (χ0) is 5.91. The molecule has 0 aromatic heterocycles. The van der Waals surface area contributed by atoms with E-state index in [0.717, 1.165) is 0 Å². The van der Waals surface area contributed by atoms with Crippen LogP contribution < -0.4 is 0 Å². The molecule has 0 rings (SSSR count). The van der Waals surface area contributed by atoms with Crippen LogP contribution in [0.3, 0.4) is 0 Å². The molecule has 0 N–H and O–H groups in total. The van der Waals surface area contributed by atoms with Gasteiger partial charge in [-0.2, -0.15) is 0 Å². The van der Waals surface area contributed by atoms with E-state index in [4.69, 9.17) is 34.8 Å². The van der Waals surface area contributed by atoms with Crippen molar-refractivity contribution in [3.05, 3.63) is 7.11 Å². The molecule has 0 atom stereocenters. The van der Waals surface area contributed by atoms with Gasteiger partial charge >= 0.3 is 0 Å². The van der Waals surface area contributed by atoms with Crippen molar-refractivity contribution >= 4 is 34.8 Å². The minimum atomic E-state index is -1.32. The highest BCUT2D eigenvalue weighted by atomic mass is 35.5. The number of hydrogen-bond donors (Lipinski definition) is 0. The molecule has 1 radical (unpaired) electrons. The van der Waals surface area contributed by atoms with E-state index < -0.39 is 4.52 Å². The van der Waals surface area contributed by atoms with Gasteiger partial charge in [-0.1, -0.05) is 23.2 Å². The smallest absolute Gasteiger partial charge is 0.231 e. The lowest BCUT2D eigenvalue weighted by Crippen LogP contribution is -2.15. The predicted molar refractivity (Wildman–Crippen MR) is 31.6 cm³/mol. The van der Waals surface area contributed by atoms with Gasteiger partial charge in [-0.3, -0.25) is 0 Å². The Hall–Kier alpha value is 0.830. The van der Waals surface area contributed by atoms with Crippen LogP contribution in [0.15, 0.2) is 0 Å². The number of ether oxygens (including phenoxy) is 1. The molecular weight excluding hydrogens is 158 g/mol. The first-order valence-electron chi connectivity index (χ1n) is 1.49. The first kappa shape index (κ1) is 7.83. The van der Waals surface area contributed by atoms with E-state index in [1.54, 1.807) is 0 Å². The van der Waals surface area contributed by atoms with Gasteiger partial charge in [0.1, 0.15) is 0 Å². The van der Waals surface area contributed by atoms with Gasteiger partial charge < -0.3 is 4.74 Å². The van der Waals surface area contributed by atoms with E-state index in [0.29, 0.717) is 0 Å². The van der Waals surface area contributed by atoms with Crippen LogP contribution in [0.2, 0.25) is 0 Å². The van der Waals surface area contributed by atoms with E-state index in [2.05, 4.69) is 11.8 Å². The summed E-state index contributed by atoms with van der Waals surface area (Å²) in [7, 11) is 2.98. The Morgan fingerprint density at radius 3 is 2.00 bits per heavy atom. The Morgan fingerprint density at radius 2 is 2.00 bits per heavy atom. The van der Waals surface area contributed by atoms with Gasteiger partial charge in [0.2, 0.25) is 4.52 Å². The summed E-state index contributed by atoms with van der Waals surface area (Å²) < 4.78 is 2.92. The summed E-state index contributed by atoms with van der Waals surface area (Å²) in [6.45, 7) is 0. The quantitative estimate of drug-likeness (QED) is 0.566. The topological polar surface area (TPSA) is 9.23 Å². The molecule has 0 amide bonds. The van der Waals surface area contributed by atoms with Gasteiger partial charge in [0.05, 0.1) is 13.0 Å². The highest BCUT2D eigenvalue weighted by molar-refractivity contribution is 6.50. The lowest BCUT2D eigenvalue weighted by atomic mass is 10.8. The highest BCUT2D eigenvalue weighted by Gasteiger charge is 2.20. The van der Waals surface area contributed by atoms with E-state index in [1.165, 1.54) is 0 Å². The summed E-state index contributed by atoms with van der Waals surface area (Å²) >= 11 is 15.7. The second kappa shape index (κ2) is 2.98. The first-order chi connectivity index (χ1) is 3.12. The summed E-state index contributed by atoms with van der Waals surface area (Å²) in [6.07, 6.45) is 0. The minimum Gasteiger partial charge on any atom is -0.343 e. The third kappa shape index (κ3) is 3.42. The molecule has 0 heterocycles. The molecule has 0 saturated carbocycles.